The SMILES string of the molecule is COC(=O)c1ccc(S(=O)(=O)Nc2cc(S(=O)(=O)N(C)C)ccc2N(C)C)cc1. The zero-order valence-corrected chi connectivity index (χ0v) is 18.3. The lowest BCUT2D eigenvalue weighted by atomic mass is 10.2. The van der Waals surface area contributed by atoms with Crippen molar-refractivity contribution in [3.05, 3.63) is 48.0 Å². The van der Waals surface area contributed by atoms with Gasteiger partial charge in [-0.1, -0.05) is 0 Å². The van der Waals surface area contributed by atoms with E-state index in [-0.39, 0.29) is 21.0 Å². The summed E-state index contributed by atoms with van der Waals surface area (Å²) in [5, 5.41) is 0. The molecular weight excluding hydrogens is 418 g/mol. The van der Waals surface area contributed by atoms with Crippen LogP contribution in [-0.4, -0.2) is 62.4 Å². The molecule has 0 fully saturated rings. The van der Waals surface area contributed by atoms with Gasteiger partial charge in [0.2, 0.25) is 10.0 Å². The highest BCUT2D eigenvalue weighted by atomic mass is 32.2. The second kappa shape index (κ2) is 8.39. The van der Waals surface area contributed by atoms with Gasteiger partial charge in [0.1, 0.15) is 0 Å². The predicted molar refractivity (Wildman–Crippen MR) is 110 cm³/mol. The van der Waals surface area contributed by atoms with Crippen LogP contribution in [0.25, 0.3) is 0 Å². The summed E-state index contributed by atoms with van der Waals surface area (Å²) in [5.41, 5.74) is 0.798. The topological polar surface area (TPSA) is 113 Å². The van der Waals surface area contributed by atoms with Crippen molar-refractivity contribution in [1.82, 2.24) is 4.31 Å². The third-order valence-electron chi connectivity index (χ3n) is 4.06. The molecule has 0 unspecified atom stereocenters. The molecule has 0 aromatic heterocycles. The van der Waals surface area contributed by atoms with E-state index in [0.29, 0.717) is 5.69 Å². The van der Waals surface area contributed by atoms with Crippen LogP contribution in [0.5, 0.6) is 0 Å². The van der Waals surface area contributed by atoms with E-state index in [9.17, 15) is 21.6 Å². The molecule has 158 valence electrons. The molecule has 0 heterocycles. The van der Waals surface area contributed by atoms with Crippen molar-refractivity contribution in [3.63, 3.8) is 0 Å². The van der Waals surface area contributed by atoms with Gasteiger partial charge in [-0.2, -0.15) is 0 Å². The standard InChI is InChI=1S/C18H23N3O6S2/c1-20(2)17-11-10-15(29(25,26)21(3)4)12-16(17)19-28(23,24)14-8-6-13(7-9-14)18(22)27-5/h6-12,19H,1-5H3. The van der Waals surface area contributed by atoms with E-state index in [2.05, 4.69) is 9.46 Å². The number of rotatable bonds is 7. The minimum atomic E-state index is -4.04. The molecule has 29 heavy (non-hydrogen) atoms. The van der Waals surface area contributed by atoms with E-state index in [1.807, 2.05) is 0 Å². The summed E-state index contributed by atoms with van der Waals surface area (Å²) in [7, 11) is -0.366. The fourth-order valence-electron chi connectivity index (χ4n) is 2.45. The molecule has 2 aromatic rings. The van der Waals surface area contributed by atoms with Gasteiger partial charge in [-0.3, -0.25) is 4.72 Å². The number of nitrogens with one attached hydrogen (secondary N) is 1. The molecule has 0 aliphatic carbocycles. The molecular formula is C18H23N3O6S2. The average Bonchev–Trinajstić information content (AvgIpc) is 2.66. The molecule has 0 radical (unpaired) electrons. The Bertz CT molecular complexity index is 1110. The van der Waals surface area contributed by atoms with Gasteiger partial charge in [0.15, 0.2) is 0 Å². The van der Waals surface area contributed by atoms with Gasteiger partial charge in [0, 0.05) is 28.2 Å². The Morgan fingerprint density at radius 2 is 1.45 bits per heavy atom. The molecule has 2 rings (SSSR count). The molecule has 0 atom stereocenters. The fourth-order valence-corrected chi connectivity index (χ4v) is 4.44. The molecule has 1 N–H and O–H groups in total. The first-order chi connectivity index (χ1) is 13.4. The van der Waals surface area contributed by atoms with Crippen molar-refractivity contribution in [3.8, 4) is 0 Å². The molecule has 0 amide bonds. The molecule has 0 aliphatic rings. The predicted octanol–water partition coefficient (Wildman–Crippen LogP) is 1.59. The van der Waals surface area contributed by atoms with Crippen LogP contribution in [0.1, 0.15) is 10.4 Å². The number of hydrogen-bond acceptors (Lipinski definition) is 7. The third kappa shape index (κ3) is 4.86. The number of esters is 1. The van der Waals surface area contributed by atoms with Crippen LogP contribution >= 0.6 is 0 Å². The first-order valence-corrected chi connectivity index (χ1v) is 11.3. The Hall–Kier alpha value is -2.63. The highest BCUT2D eigenvalue weighted by Crippen LogP contribution is 2.30. The number of methoxy groups -OCH3 is 1. The summed E-state index contributed by atoms with van der Waals surface area (Å²) < 4.78 is 58.5. The van der Waals surface area contributed by atoms with E-state index >= 15 is 0 Å². The maximum Gasteiger partial charge on any atom is 0.337 e. The van der Waals surface area contributed by atoms with Gasteiger partial charge >= 0.3 is 5.97 Å². The van der Waals surface area contributed by atoms with Gasteiger partial charge in [-0.05, 0) is 42.5 Å². The van der Waals surface area contributed by atoms with E-state index in [0.717, 1.165) is 4.31 Å². The number of carbonyl (C=O) groups is 1. The zero-order chi connectivity index (χ0) is 22.0. The van der Waals surface area contributed by atoms with E-state index in [1.165, 1.54) is 63.7 Å². The lowest BCUT2D eigenvalue weighted by Gasteiger charge is -2.20. The quantitative estimate of drug-likeness (QED) is 0.649. The smallest absolute Gasteiger partial charge is 0.337 e. The van der Waals surface area contributed by atoms with Gasteiger partial charge < -0.3 is 9.64 Å². The van der Waals surface area contributed by atoms with Crippen molar-refractivity contribution in [2.45, 2.75) is 9.79 Å². The molecule has 0 bridgehead atoms. The number of carbonyl (C=O) groups excluding carboxylic acids is 1. The van der Waals surface area contributed by atoms with Crippen molar-refractivity contribution in [2.75, 3.05) is 44.9 Å². The first kappa shape index (κ1) is 22.7. The van der Waals surface area contributed by atoms with Crippen LogP contribution < -0.4 is 9.62 Å². The second-order valence-electron chi connectivity index (χ2n) is 6.48. The molecule has 0 saturated heterocycles. The monoisotopic (exact) mass is 441 g/mol. The Kier molecular flexibility index (Phi) is 6.56. The van der Waals surface area contributed by atoms with Crippen LogP contribution in [0.15, 0.2) is 52.3 Å². The Balaban J connectivity index is 2.49. The third-order valence-corrected chi connectivity index (χ3v) is 7.25. The van der Waals surface area contributed by atoms with Crippen LogP contribution in [0, 0.1) is 0 Å². The van der Waals surface area contributed by atoms with Crippen LogP contribution in [0.3, 0.4) is 0 Å². The molecule has 2 aromatic carbocycles. The highest BCUT2D eigenvalue weighted by molar-refractivity contribution is 7.92. The minimum Gasteiger partial charge on any atom is -0.465 e. The minimum absolute atomic E-state index is 0.0492. The summed E-state index contributed by atoms with van der Waals surface area (Å²) in [6.45, 7) is 0. The van der Waals surface area contributed by atoms with Crippen LogP contribution in [-0.2, 0) is 24.8 Å². The summed E-state index contributed by atoms with van der Waals surface area (Å²) in [6.07, 6.45) is 0. The molecule has 0 spiro atoms. The number of sulfonamides is 2. The van der Waals surface area contributed by atoms with E-state index in [4.69, 9.17) is 0 Å². The largest absolute Gasteiger partial charge is 0.465 e. The summed E-state index contributed by atoms with van der Waals surface area (Å²) in [5.74, 6) is -0.585. The number of anilines is 2. The maximum atomic E-state index is 12.8. The van der Waals surface area contributed by atoms with Crippen molar-refractivity contribution < 1.29 is 26.4 Å². The van der Waals surface area contributed by atoms with E-state index in [1.54, 1.807) is 19.0 Å². The van der Waals surface area contributed by atoms with E-state index < -0.39 is 26.0 Å². The van der Waals surface area contributed by atoms with Gasteiger partial charge in [0.05, 0.1) is 33.8 Å². The number of hydrogen-bond donors (Lipinski definition) is 1. The van der Waals surface area contributed by atoms with Gasteiger partial charge in [-0.25, -0.2) is 25.9 Å². The lowest BCUT2D eigenvalue weighted by Crippen LogP contribution is -2.23. The molecule has 9 nitrogen and oxygen atoms in total. The first-order valence-electron chi connectivity index (χ1n) is 8.35. The second-order valence-corrected chi connectivity index (χ2v) is 10.3. The molecule has 11 heteroatoms. The molecule has 0 saturated carbocycles. The Morgan fingerprint density at radius 1 is 0.897 bits per heavy atom. The number of benzene rings is 2. The lowest BCUT2D eigenvalue weighted by molar-refractivity contribution is 0.0600. The van der Waals surface area contributed by atoms with Crippen molar-refractivity contribution >= 4 is 37.4 Å². The summed E-state index contributed by atoms with van der Waals surface area (Å²) >= 11 is 0. The Morgan fingerprint density at radius 3 is 1.93 bits per heavy atom. The summed E-state index contributed by atoms with van der Waals surface area (Å²) in [6, 6.07) is 9.41. The van der Waals surface area contributed by atoms with Gasteiger partial charge in [-0.15, -0.1) is 0 Å². The van der Waals surface area contributed by atoms with Crippen molar-refractivity contribution in [2.24, 2.45) is 0 Å². The van der Waals surface area contributed by atoms with Gasteiger partial charge in [0.25, 0.3) is 10.0 Å². The number of nitrogens with zero attached hydrogens (tertiary/aromatic N) is 2. The highest BCUT2D eigenvalue weighted by Gasteiger charge is 2.22. The fraction of sp³-hybridized carbons (Fsp3) is 0.278. The van der Waals surface area contributed by atoms with Crippen LogP contribution in [0.2, 0.25) is 0 Å². The number of ether oxygens (including phenoxy) is 1. The molecule has 0 aliphatic heterocycles. The maximum absolute atomic E-state index is 12.8. The van der Waals surface area contributed by atoms with Crippen molar-refractivity contribution in [1.29, 1.82) is 0 Å². The Labute approximate surface area is 171 Å². The average molecular weight is 442 g/mol. The van der Waals surface area contributed by atoms with Crippen LogP contribution in [0.4, 0.5) is 11.4 Å². The zero-order valence-electron chi connectivity index (χ0n) is 16.7. The normalized spacial score (nSPS) is 11.9. The summed E-state index contributed by atoms with van der Waals surface area (Å²) in [4.78, 5) is 13.0.